The van der Waals surface area contributed by atoms with E-state index in [1.165, 1.54) is 0 Å². The molecule has 88 valence electrons. The predicted octanol–water partition coefficient (Wildman–Crippen LogP) is 2.28. The minimum absolute atomic E-state index is 0.412. The lowest BCUT2D eigenvalue weighted by Gasteiger charge is -2.04. The number of nitrogens with two attached hydrogens (primary N) is 1. The molecule has 3 N–H and O–H groups in total. The van der Waals surface area contributed by atoms with E-state index in [4.69, 9.17) is 18.0 Å². The Morgan fingerprint density at radius 2 is 2.06 bits per heavy atom. The highest BCUT2D eigenvalue weighted by atomic mass is 32.1. The Bertz CT molecular complexity index is 516. The van der Waals surface area contributed by atoms with Crippen molar-refractivity contribution in [3.63, 3.8) is 0 Å². The first kappa shape index (κ1) is 11.6. The van der Waals surface area contributed by atoms with E-state index in [0.717, 1.165) is 23.5 Å². The topological polar surface area (TPSA) is 55.9 Å². The summed E-state index contributed by atoms with van der Waals surface area (Å²) in [6.45, 7) is 2.91. The highest BCUT2D eigenvalue weighted by Gasteiger charge is 1.99. The molecule has 0 spiro atoms. The third-order valence-corrected chi connectivity index (χ3v) is 2.65. The summed E-state index contributed by atoms with van der Waals surface area (Å²) < 4.78 is 1.87. The number of hydrogen-bond donors (Lipinski definition) is 2. The standard InChI is InChI=1S/C12H14N4S/c1-2-16-8-11(7-14-16)15-10-5-3-9(4-6-10)12(13)17/h3-8,15H,2H2,1H3,(H2,13,17). The van der Waals surface area contributed by atoms with E-state index in [9.17, 15) is 0 Å². The largest absolute Gasteiger partial charge is 0.389 e. The van der Waals surface area contributed by atoms with Gasteiger partial charge in [-0.3, -0.25) is 4.68 Å². The highest BCUT2D eigenvalue weighted by molar-refractivity contribution is 7.80. The third kappa shape index (κ3) is 2.82. The maximum Gasteiger partial charge on any atom is 0.103 e. The van der Waals surface area contributed by atoms with Crippen LogP contribution in [-0.4, -0.2) is 14.8 Å². The molecule has 0 unspecified atom stereocenters. The van der Waals surface area contributed by atoms with E-state index < -0.39 is 0 Å². The molecule has 0 saturated heterocycles. The Kier molecular flexibility index (Phi) is 3.39. The second-order valence-electron chi connectivity index (χ2n) is 3.65. The van der Waals surface area contributed by atoms with Gasteiger partial charge in [-0.25, -0.2) is 0 Å². The minimum atomic E-state index is 0.412. The fourth-order valence-corrected chi connectivity index (χ4v) is 1.62. The average molecular weight is 246 g/mol. The van der Waals surface area contributed by atoms with E-state index in [0.29, 0.717) is 4.99 Å². The fourth-order valence-electron chi connectivity index (χ4n) is 1.49. The van der Waals surface area contributed by atoms with E-state index in [1.54, 1.807) is 6.20 Å². The van der Waals surface area contributed by atoms with Gasteiger partial charge in [-0.05, 0) is 31.2 Å². The Hall–Kier alpha value is -1.88. The molecule has 2 rings (SSSR count). The number of aromatic nitrogens is 2. The summed E-state index contributed by atoms with van der Waals surface area (Å²) in [6.07, 6.45) is 3.76. The van der Waals surface area contributed by atoms with Crippen molar-refractivity contribution < 1.29 is 0 Å². The fraction of sp³-hybridized carbons (Fsp3) is 0.167. The summed E-state index contributed by atoms with van der Waals surface area (Å²) in [5.74, 6) is 0. The monoisotopic (exact) mass is 246 g/mol. The molecular weight excluding hydrogens is 232 g/mol. The van der Waals surface area contributed by atoms with Gasteiger partial charge in [-0.1, -0.05) is 12.2 Å². The summed E-state index contributed by atoms with van der Waals surface area (Å²) in [7, 11) is 0. The minimum Gasteiger partial charge on any atom is -0.389 e. The molecule has 1 aromatic carbocycles. The first-order chi connectivity index (χ1) is 8.19. The van der Waals surface area contributed by atoms with Crippen LogP contribution in [0.2, 0.25) is 0 Å². The third-order valence-electron chi connectivity index (χ3n) is 2.42. The zero-order valence-corrected chi connectivity index (χ0v) is 10.4. The number of nitrogens with one attached hydrogen (secondary N) is 1. The Morgan fingerprint density at radius 3 is 2.59 bits per heavy atom. The SMILES string of the molecule is CCn1cc(Nc2ccc(C(N)=S)cc2)cn1. The number of benzene rings is 1. The van der Waals surface area contributed by atoms with Crippen LogP contribution < -0.4 is 11.1 Å². The van der Waals surface area contributed by atoms with Crippen LogP contribution in [0.3, 0.4) is 0 Å². The second kappa shape index (κ2) is 4.97. The number of anilines is 2. The molecule has 0 aliphatic heterocycles. The summed E-state index contributed by atoms with van der Waals surface area (Å²) in [5.41, 5.74) is 8.36. The van der Waals surface area contributed by atoms with Crippen LogP contribution >= 0.6 is 12.2 Å². The lowest BCUT2D eigenvalue weighted by molar-refractivity contribution is 0.660. The number of nitrogens with zero attached hydrogens (tertiary/aromatic N) is 2. The summed E-state index contributed by atoms with van der Waals surface area (Å²) >= 11 is 4.90. The highest BCUT2D eigenvalue weighted by Crippen LogP contribution is 2.16. The molecule has 0 atom stereocenters. The number of hydrogen-bond acceptors (Lipinski definition) is 3. The molecule has 0 aliphatic carbocycles. The molecule has 0 bridgehead atoms. The van der Waals surface area contributed by atoms with Crippen molar-refractivity contribution in [2.24, 2.45) is 5.73 Å². The van der Waals surface area contributed by atoms with Gasteiger partial charge in [0.15, 0.2) is 0 Å². The molecule has 0 saturated carbocycles. The van der Waals surface area contributed by atoms with Crippen molar-refractivity contribution in [2.75, 3.05) is 5.32 Å². The molecule has 0 amide bonds. The van der Waals surface area contributed by atoms with Crippen molar-refractivity contribution in [1.29, 1.82) is 0 Å². The van der Waals surface area contributed by atoms with Crippen molar-refractivity contribution in [1.82, 2.24) is 9.78 Å². The van der Waals surface area contributed by atoms with Gasteiger partial charge in [0, 0.05) is 24.0 Å². The van der Waals surface area contributed by atoms with E-state index in [2.05, 4.69) is 10.4 Å². The second-order valence-corrected chi connectivity index (χ2v) is 4.09. The van der Waals surface area contributed by atoms with Crippen LogP contribution in [-0.2, 0) is 6.54 Å². The summed E-state index contributed by atoms with van der Waals surface area (Å²) in [6, 6.07) is 7.68. The normalized spacial score (nSPS) is 10.2. The molecule has 2 aromatic rings. The van der Waals surface area contributed by atoms with Crippen LogP contribution in [0.1, 0.15) is 12.5 Å². The number of rotatable bonds is 4. The van der Waals surface area contributed by atoms with Gasteiger partial charge in [0.05, 0.1) is 11.9 Å². The smallest absolute Gasteiger partial charge is 0.103 e. The van der Waals surface area contributed by atoms with Crippen LogP contribution in [0, 0.1) is 0 Å². The molecule has 0 aliphatic rings. The molecule has 0 fully saturated rings. The van der Waals surface area contributed by atoms with Gasteiger partial charge in [0.2, 0.25) is 0 Å². The predicted molar refractivity (Wildman–Crippen MR) is 73.5 cm³/mol. The molecule has 1 aromatic heterocycles. The zero-order chi connectivity index (χ0) is 12.3. The molecule has 0 radical (unpaired) electrons. The van der Waals surface area contributed by atoms with Crippen molar-refractivity contribution in [3.8, 4) is 0 Å². The van der Waals surface area contributed by atoms with Crippen LogP contribution in [0.5, 0.6) is 0 Å². The van der Waals surface area contributed by atoms with Crippen LogP contribution in [0.4, 0.5) is 11.4 Å². The van der Waals surface area contributed by atoms with Gasteiger partial charge in [0.25, 0.3) is 0 Å². The van der Waals surface area contributed by atoms with Gasteiger partial charge < -0.3 is 11.1 Å². The maximum atomic E-state index is 5.54. The zero-order valence-electron chi connectivity index (χ0n) is 9.55. The average Bonchev–Trinajstić information content (AvgIpc) is 2.77. The van der Waals surface area contributed by atoms with E-state index >= 15 is 0 Å². The first-order valence-corrected chi connectivity index (χ1v) is 5.79. The van der Waals surface area contributed by atoms with Gasteiger partial charge >= 0.3 is 0 Å². The van der Waals surface area contributed by atoms with E-state index in [1.807, 2.05) is 42.1 Å². The molecule has 4 nitrogen and oxygen atoms in total. The summed E-state index contributed by atoms with van der Waals surface area (Å²) in [5, 5.41) is 7.45. The van der Waals surface area contributed by atoms with Crippen LogP contribution in [0.25, 0.3) is 0 Å². The van der Waals surface area contributed by atoms with Gasteiger partial charge in [0.1, 0.15) is 4.99 Å². The van der Waals surface area contributed by atoms with Crippen LogP contribution in [0.15, 0.2) is 36.7 Å². The Morgan fingerprint density at radius 1 is 1.35 bits per heavy atom. The maximum absolute atomic E-state index is 5.54. The van der Waals surface area contributed by atoms with E-state index in [-0.39, 0.29) is 0 Å². The molecule has 5 heteroatoms. The number of aryl methyl sites for hydroxylation is 1. The van der Waals surface area contributed by atoms with Gasteiger partial charge in [-0.15, -0.1) is 0 Å². The summed E-state index contributed by atoms with van der Waals surface area (Å²) in [4.78, 5) is 0.412. The lowest BCUT2D eigenvalue weighted by Crippen LogP contribution is -2.08. The number of thiocarbonyl (C=S) groups is 1. The Labute approximate surface area is 105 Å². The Balaban J connectivity index is 2.10. The molecular formula is C12H14N4S. The van der Waals surface area contributed by atoms with Crippen molar-refractivity contribution >= 4 is 28.6 Å². The molecule has 1 heterocycles. The van der Waals surface area contributed by atoms with Crippen molar-refractivity contribution in [3.05, 3.63) is 42.2 Å². The van der Waals surface area contributed by atoms with Crippen molar-refractivity contribution in [2.45, 2.75) is 13.5 Å². The lowest BCUT2D eigenvalue weighted by atomic mass is 10.2. The first-order valence-electron chi connectivity index (χ1n) is 5.38. The van der Waals surface area contributed by atoms with Gasteiger partial charge in [-0.2, -0.15) is 5.10 Å². The molecule has 17 heavy (non-hydrogen) atoms. The quantitative estimate of drug-likeness (QED) is 0.813.